The molecule has 5 rings (SSSR count). The highest BCUT2D eigenvalue weighted by Crippen LogP contribution is 2.30. The van der Waals surface area contributed by atoms with Crippen molar-refractivity contribution in [3.63, 3.8) is 0 Å². The molecule has 2 amide bonds. The van der Waals surface area contributed by atoms with Gasteiger partial charge in [0.05, 0.1) is 11.7 Å². The third-order valence-electron chi connectivity index (χ3n) is 6.21. The van der Waals surface area contributed by atoms with Crippen LogP contribution in [-0.4, -0.2) is 39.4 Å². The minimum atomic E-state index is -0.212. The molecule has 1 aliphatic rings. The highest BCUT2D eigenvalue weighted by atomic mass is 32.1. The quantitative estimate of drug-likeness (QED) is 0.476. The molecule has 0 aliphatic carbocycles. The van der Waals surface area contributed by atoms with E-state index in [4.69, 9.17) is 0 Å². The van der Waals surface area contributed by atoms with Crippen LogP contribution in [0.1, 0.15) is 12.8 Å². The summed E-state index contributed by atoms with van der Waals surface area (Å²) in [6.45, 7) is 0.917. The SMILES string of the molecule is O=C(Nc1ccccc1)C1CCN(C(=O)Cn2cnc3scc(-c4ccccc4)c3c2=O)CC1. The van der Waals surface area contributed by atoms with E-state index in [-0.39, 0.29) is 29.8 Å². The fraction of sp³-hybridized carbons (Fsp3) is 0.231. The van der Waals surface area contributed by atoms with Gasteiger partial charge in [-0.2, -0.15) is 0 Å². The molecule has 34 heavy (non-hydrogen) atoms. The molecule has 2 aromatic heterocycles. The van der Waals surface area contributed by atoms with Gasteiger partial charge in [-0.05, 0) is 30.5 Å². The lowest BCUT2D eigenvalue weighted by Crippen LogP contribution is -2.43. The number of hydrogen-bond donors (Lipinski definition) is 1. The summed E-state index contributed by atoms with van der Waals surface area (Å²) in [4.78, 5) is 45.6. The Bertz CT molecular complexity index is 1370. The van der Waals surface area contributed by atoms with Gasteiger partial charge in [-0.3, -0.25) is 19.0 Å². The van der Waals surface area contributed by atoms with Gasteiger partial charge >= 0.3 is 0 Å². The number of likely N-dealkylation sites (tertiary alicyclic amines) is 1. The van der Waals surface area contributed by atoms with E-state index in [0.717, 1.165) is 16.8 Å². The summed E-state index contributed by atoms with van der Waals surface area (Å²) in [7, 11) is 0. The minimum absolute atomic E-state index is 0.0185. The zero-order valence-electron chi connectivity index (χ0n) is 18.5. The van der Waals surface area contributed by atoms with Gasteiger partial charge in [0.15, 0.2) is 0 Å². The number of aromatic nitrogens is 2. The van der Waals surface area contributed by atoms with Gasteiger partial charge in [0, 0.05) is 35.6 Å². The predicted octanol–water partition coefficient (Wildman–Crippen LogP) is 4.00. The van der Waals surface area contributed by atoms with Crippen LogP contribution in [0.25, 0.3) is 21.3 Å². The van der Waals surface area contributed by atoms with Crippen molar-refractivity contribution in [1.29, 1.82) is 0 Å². The number of benzene rings is 2. The number of anilines is 1. The van der Waals surface area contributed by atoms with Crippen LogP contribution in [0.15, 0.2) is 77.2 Å². The largest absolute Gasteiger partial charge is 0.341 e. The smallest absolute Gasteiger partial charge is 0.263 e. The highest BCUT2D eigenvalue weighted by Gasteiger charge is 2.28. The number of rotatable bonds is 5. The molecule has 0 spiro atoms. The second-order valence-electron chi connectivity index (χ2n) is 8.38. The fourth-order valence-electron chi connectivity index (χ4n) is 4.31. The van der Waals surface area contributed by atoms with E-state index in [1.165, 1.54) is 22.2 Å². The molecule has 0 unspecified atom stereocenters. The number of carbonyl (C=O) groups excluding carboxylic acids is 2. The van der Waals surface area contributed by atoms with E-state index in [1.54, 1.807) is 4.90 Å². The number of fused-ring (bicyclic) bond motifs is 1. The van der Waals surface area contributed by atoms with Gasteiger partial charge in [0.25, 0.3) is 5.56 Å². The Hall–Kier alpha value is -3.78. The second-order valence-corrected chi connectivity index (χ2v) is 9.24. The summed E-state index contributed by atoms with van der Waals surface area (Å²) in [6.07, 6.45) is 2.65. The predicted molar refractivity (Wildman–Crippen MR) is 134 cm³/mol. The molecular formula is C26H24N4O3S. The Morgan fingerprint density at radius 3 is 2.38 bits per heavy atom. The third kappa shape index (κ3) is 4.49. The maximum absolute atomic E-state index is 13.2. The summed E-state index contributed by atoms with van der Waals surface area (Å²) >= 11 is 1.42. The Balaban J connectivity index is 1.25. The standard InChI is InChI=1S/C26H24N4O3S/c31-22(29-13-11-19(12-14-29)24(32)28-20-9-5-2-6-10-20)15-30-17-27-25-23(26(30)33)21(16-34-25)18-7-3-1-4-8-18/h1-10,16-17,19H,11-15H2,(H,28,32). The molecule has 0 saturated carbocycles. The van der Waals surface area contributed by atoms with Crippen LogP contribution < -0.4 is 10.9 Å². The van der Waals surface area contributed by atoms with Crippen LogP contribution in [0.2, 0.25) is 0 Å². The van der Waals surface area contributed by atoms with Gasteiger partial charge in [-0.1, -0.05) is 48.5 Å². The van der Waals surface area contributed by atoms with Crippen molar-refractivity contribution in [2.45, 2.75) is 19.4 Å². The summed E-state index contributed by atoms with van der Waals surface area (Å²) in [6, 6.07) is 19.1. The van der Waals surface area contributed by atoms with Crippen LogP contribution in [-0.2, 0) is 16.1 Å². The van der Waals surface area contributed by atoms with Crippen molar-refractivity contribution in [1.82, 2.24) is 14.5 Å². The number of nitrogens with zero attached hydrogens (tertiary/aromatic N) is 3. The zero-order chi connectivity index (χ0) is 23.5. The maximum Gasteiger partial charge on any atom is 0.263 e. The molecule has 2 aromatic carbocycles. The molecule has 1 saturated heterocycles. The molecule has 3 heterocycles. The number of carbonyl (C=O) groups is 2. The van der Waals surface area contributed by atoms with Gasteiger partial charge in [-0.15, -0.1) is 11.3 Å². The Morgan fingerprint density at radius 1 is 1.00 bits per heavy atom. The highest BCUT2D eigenvalue weighted by molar-refractivity contribution is 7.17. The van der Waals surface area contributed by atoms with E-state index in [0.29, 0.717) is 36.1 Å². The van der Waals surface area contributed by atoms with Crippen molar-refractivity contribution in [2.24, 2.45) is 5.92 Å². The first-order valence-electron chi connectivity index (χ1n) is 11.3. The van der Waals surface area contributed by atoms with Crippen molar-refractivity contribution in [3.8, 4) is 11.1 Å². The number of para-hydroxylation sites is 1. The summed E-state index contributed by atoms with van der Waals surface area (Å²) in [5, 5.41) is 5.42. The van der Waals surface area contributed by atoms with Crippen LogP contribution in [0.4, 0.5) is 5.69 Å². The third-order valence-corrected chi connectivity index (χ3v) is 7.10. The molecule has 1 fully saturated rings. The lowest BCUT2D eigenvalue weighted by atomic mass is 9.95. The van der Waals surface area contributed by atoms with Crippen LogP contribution in [0, 0.1) is 5.92 Å². The average Bonchev–Trinajstić information content (AvgIpc) is 3.32. The monoisotopic (exact) mass is 472 g/mol. The fourth-order valence-corrected chi connectivity index (χ4v) is 5.22. The van der Waals surface area contributed by atoms with Gasteiger partial charge < -0.3 is 10.2 Å². The number of nitrogens with one attached hydrogen (secondary N) is 1. The molecule has 0 radical (unpaired) electrons. The molecule has 0 atom stereocenters. The van der Waals surface area contributed by atoms with E-state index < -0.39 is 0 Å². The first-order valence-corrected chi connectivity index (χ1v) is 12.1. The minimum Gasteiger partial charge on any atom is -0.341 e. The van der Waals surface area contributed by atoms with Crippen molar-refractivity contribution in [3.05, 3.63) is 82.7 Å². The van der Waals surface area contributed by atoms with Crippen LogP contribution >= 0.6 is 11.3 Å². The first-order chi connectivity index (χ1) is 16.6. The molecule has 172 valence electrons. The van der Waals surface area contributed by atoms with E-state index in [9.17, 15) is 14.4 Å². The maximum atomic E-state index is 13.2. The number of thiophene rings is 1. The molecule has 7 nitrogen and oxygen atoms in total. The molecule has 4 aromatic rings. The first kappa shape index (κ1) is 22.0. The number of hydrogen-bond acceptors (Lipinski definition) is 5. The Morgan fingerprint density at radius 2 is 1.68 bits per heavy atom. The zero-order valence-corrected chi connectivity index (χ0v) is 19.3. The van der Waals surface area contributed by atoms with Crippen molar-refractivity contribution >= 4 is 39.1 Å². The summed E-state index contributed by atoms with van der Waals surface area (Å²) in [5.41, 5.74) is 2.35. The molecule has 0 bridgehead atoms. The Kier molecular flexibility index (Phi) is 6.22. The topological polar surface area (TPSA) is 84.3 Å². The van der Waals surface area contributed by atoms with E-state index in [2.05, 4.69) is 10.3 Å². The second kappa shape index (κ2) is 9.61. The molecule has 8 heteroatoms. The van der Waals surface area contributed by atoms with Crippen molar-refractivity contribution in [2.75, 3.05) is 18.4 Å². The van der Waals surface area contributed by atoms with Crippen molar-refractivity contribution < 1.29 is 9.59 Å². The average molecular weight is 473 g/mol. The van der Waals surface area contributed by atoms with Gasteiger partial charge in [-0.25, -0.2) is 4.98 Å². The van der Waals surface area contributed by atoms with Gasteiger partial charge in [0.1, 0.15) is 11.4 Å². The van der Waals surface area contributed by atoms with E-state index in [1.807, 2.05) is 66.0 Å². The molecule has 1 aliphatic heterocycles. The van der Waals surface area contributed by atoms with Crippen LogP contribution in [0.5, 0.6) is 0 Å². The van der Waals surface area contributed by atoms with E-state index >= 15 is 0 Å². The summed E-state index contributed by atoms with van der Waals surface area (Å²) in [5.74, 6) is -0.291. The van der Waals surface area contributed by atoms with Gasteiger partial charge in [0.2, 0.25) is 11.8 Å². The normalized spacial score (nSPS) is 14.3. The lowest BCUT2D eigenvalue weighted by Gasteiger charge is -2.31. The summed E-state index contributed by atoms with van der Waals surface area (Å²) < 4.78 is 1.39. The van der Waals surface area contributed by atoms with Crippen LogP contribution in [0.3, 0.4) is 0 Å². The molecule has 1 N–H and O–H groups in total. The lowest BCUT2D eigenvalue weighted by molar-refractivity contribution is -0.135. The Labute approximate surface area is 200 Å². The number of piperidine rings is 1. The molecular weight excluding hydrogens is 448 g/mol. The number of amides is 2.